The zero-order chi connectivity index (χ0) is 21.7. The van der Waals surface area contributed by atoms with Gasteiger partial charge >= 0.3 is 0 Å². The van der Waals surface area contributed by atoms with E-state index in [1.165, 1.54) is 27.6 Å². The quantitative estimate of drug-likeness (QED) is 0.455. The van der Waals surface area contributed by atoms with Crippen LogP contribution < -0.4 is 11.1 Å². The van der Waals surface area contributed by atoms with Gasteiger partial charge in [-0.2, -0.15) is 5.10 Å². The minimum atomic E-state index is -0.230. The summed E-state index contributed by atoms with van der Waals surface area (Å²) in [5, 5.41) is 4.80. The molecule has 5 rings (SSSR count). The molecule has 4 heterocycles. The highest BCUT2D eigenvalue weighted by Crippen LogP contribution is 2.17. The van der Waals surface area contributed by atoms with Crippen molar-refractivity contribution in [3.63, 3.8) is 0 Å². The maximum absolute atomic E-state index is 13.1. The Kier molecular flexibility index (Phi) is 4.28. The van der Waals surface area contributed by atoms with Crippen LogP contribution in [-0.2, 0) is 6.54 Å². The van der Waals surface area contributed by atoms with Gasteiger partial charge in [-0.1, -0.05) is 12.1 Å². The molecular formula is C23H20N6O2. The molecule has 0 fully saturated rings. The van der Waals surface area contributed by atoms with Crippen molar-refractivity contribution in [2.75, 3.05) is 0 Å². The highest BCUT2D eigenvalue weighted by atomic mass is 16.1. The Labute approximate surface area is 177 Å². The third-order valence-electron chi connectivity index (χ3n) is 5.20. The van der Waals surface area contributed by atoms with Gasteiger partial charge in [-0.25, -0.2) is 14.6 Å². The van der Waals surface area contributed by atoms with Crippen molar-refractivity contribution in [2.24, 2.45) is 0 Å². The van der Waals surface area contributed by atoms with Crippen LogP contribution >= 0.6 is 0 Å². The first kappa shape index (κ1) is 18.9. The van der Waals surface area contributed by atoms with Gasteiger partial charge in [0.25, 0.3) is 11.1 Å². The number of fused-ring (bicyclic) bond motifs is 2. The highest BCUT2D eigenvalue weighted by molar-refractivity contribution is 5.75. The van der Waals surface area contributed by atoms with E-state index in [0.717, 1.165) is 22.4 Å². The molecule has 0 radical (unpaired) electrons. The molecule has 4 aromatic heterocycles. The highest BCUT2D eigenvalue weighted by Gasteiger charge is 2.13. The van der Waals surface area contributed by atoms with Gasteiger partial charge in [-0.15, -0.1) is 0 Å². The molecule has 8 heteroatoms. The minimum Gasteiger partial charge on any atom is -0.292 e. The lowest BCUT2D eigenvalue weighted by Gasteiger charge is -2.08. The Bertz CT molecular complexity index is 1570. The van der Waals surface area contributed by atoms with Crippen LogP contribution in [-0.4, -0.2) is 28.7 Å². The van der Waals surface area contributed by atoms with Crippen LogP contribution in [0.1, 0.15) is 22.4 Å². The molecule has 5 aromatic rings. The van der Waals surface area contributed by atoms with E-state index in [4.69, 9.17) is 0 Å². The Morgan fingerprint density at radius 1 is 0.935 bits per heavy atom. The van der Waals surface area contributed by atoms with Crippen molar-refractivity contribution in [3.8, 4) is 5.69 Å². The predicted molar refractivity (Wildman–Crippen MR) is 118 cm³/mol. The van der Waals surface area contributed by atoms with Gasteiger partial charge in [0.1, 0.15) is 17.4 Å². The van der Waals surface area contributed by atoms with Crippen LogP contribution in [0.25, 0.3) is 22.4 Å². The molecule has 0 aliphatic heterocycles. The maximum Gasteiger partial charge on any atom is 0.264 e. The summed E-state index contributed by atoms with van der Waals surface area (Å²) in [5.41, 5.74) is 5.16. The monoisotopic (exact) mass is 412 g/mol. The molecule has 0 N–H and O–H groups in total. The third-order valence-corrected chi connectivity index (χ3v) is 5.20. The van der Waals surface area contributed by atoms with Crippen LogP contribution in [0, 0.1) is 20.8 Å². The minimum absolute atomic E-state index is 0.149. The van der Waals surface area contributed by atoms with E-state index in [-0.39, 0.29) is 17.7 Å². The van der Waals surface area contributed by atoms with E-state index in [9.17, 15) is 9.59 Å². The normalized spacial score (nSPS) is 11.5. The zero-order valence-corrected chi connectivity index (χ0v) is 17.4. The van der Waals surface area contributed by atoms with E-state index in [0.29, 0.717) is 22.4 Å². The zero-order valence-electron chi connectivity index (χ0n) is 17.4. The summed E-state index contributed by atoms with van der Waals surface area (Å²) in [6.07, 6.45) is 4.75. The first-order valence-corrected chi connectivity index (χ1v) is 9.90. The van der Waals surface area contributed by atoms with Crippen molar-refractivity contribution < 1.29 is 0 Å². The van der Waals surface area contributed by atoms with Crippen molar-refractivity contribution in [2.45, 2.75) is 27.3 Å². The molecule has 0 saturated carbocycles. The van der Waals surface area contributed by atoms with Gasteiger partial charge in [0.2, 0.25) is 0 Å². The molecule has 0 saturated heterocycles. The molecule has 0 bridgehead atoms. The van der Waals surface area contributed by atoms with Crippen LogP contribution in [0.4, 0.5) is 0 Å². The van der Waals surface area contributed by atoms with Gasteiger partial charge in [0.15, 0.2) is 5.65 Å². The number of aromatic nitrogens is 6. The second kappa shape index (κ2) is 7.02. The van der Waals surface area contributed by atoms with Crippen LogP contribution in [0.15, 0.2) is 64.7 Å². The lowest BCUT2D eigenvalue weighted by atomic mass is 10.1. The van der Waals surface area contributed by atoms with E-state index in [1.807, 2.05) is 39.0 Å². The predicted octanol–water partition coefficient (Wildman–Crippen LogP) is 2.56. The number of rotatable bonds is 3. The smallest absolute Gasteiger partial charge is 0.264 e. The van der Waals surface area contributed by atoms with Crippen LogP contribution in [0.3, 0.4) is 0 Å². The molecule has 1 aromatic carbocycles. The van der Waals surface area contributed by atoms with Gasteiger partial charge in [0.05, 0.1) is 24.1 Å². The van der Waals surface area contributed by atoms with Crippen molar-refractivity contribution in [1.29, 1.82) is 0 Å². The van der Waals surface area contributed by atoms with Crippen LogP contribution in [0.2, 0.25) is 0 Å². The average molecular weight is 412 g/mol. The molecule has 0 spiro atoms. The van der Waals surface area contributed by atoms with Crippen molar-refractivity contribution in [3.05, 3.63) is 98.2 Å². The molecule has 0 aliphatic rings. The molecule has 0 aliphatic carbocycles. The molecule has 31 heavy (non-hydrogen) atoms. The molecule has 0 amide bonds. The lowest BCUT2D eigenvalue weighted by Crippen LogP contribution is -2.23. The Balaban J connectivity index is 1.57. The first-order valence-electron chi connectivity index (χ1n) is 9.90. The molecular weight excluding hydrogens is 392 g/mol. The fourth-order valence-corrected chi connectivity index (χ4v) is 3.84. The SMILES string of the molecule is Cc1cc(C)cc(-n2ncc3c(=O)n(Cc4cc(=O)n5cc(C)ccc5n4)cnc32)c1. The van der Waals surface area contributed by atoms with Gasteiger partial charge in [0, 0.05) is 12.3 Å². The van der Waals surface area contributed by atoms with E-state index in [1.54, 1.807) is 16.9 Å². The summed E-state index contributed by atoms with van der Waals surface area (Å²) in [5.74, 6) is 0. The number of nitrogens with zero attached hydrogens (tertiary/aromatic N) is 6. The molecule has 154 valence electrons. The second-order valence-corrected chi connectivity index (χ2v) is 7.84. The maximum atomic E-state index is 13.1. The number of aryl methyl sites for hydroxylation is 3. The van der Waals surface area contributed by atoms with Crippen molar-refractivity contribution >= 4 is 16.7 Å². The van der Waals surface area contributed by atoms with Gasteiger partial charge in [-0.05, 0) is 55.7 Å². The Morgan fingerprint density at radius 2 is 1.71 bits per heavy atom. The Morgan fingerprint density at radius 3 is 2.48 bits per heavy atom. The second-order valence-electron chi connectivity index (χ2n) is 7.84. The molecule has 0 atom stereocenters. The summed E-state index contributed by atoms with van der Waals surface area (Å²) >= 11 is 0. The number of hydrogen-bond donors (Lipinski definition) is 0. The molecule has 8 nitrogen and oxygen atoms in total. The number of hydrogen-bond acceptors (Lipinski definition) is 5. The summed E-state index contributed by atoms with van der Waals surface area (Å²) in [6, 6.07) is 11.2. The summed E-state index contributed by atoms with van der Waals surface area (Å²) < 4.78 is 4.61. The number of benzene rings is 1. The number of pyridine rings is 1. The van der Waals surface area contributed by atoms with E-state index < -0.39 is 0 Å². The third kappa shape index (κ3) is 3.31. The Hall–Kier alpha value is -4.07. The van der Waals surface area contributed by atoms with E-state index in [2.05, 4.69) is 21.1 Å². The van der Waals surface area contributed by atoms with Crippen LogP contribution in [0.5, 0.6) is 0 Å². The van der Waals surface area contributed by atoms with Crippen molar-refractivity contribution in [1.82, 2.24) is 28.7 Å². The molecule has 0 unspecified atom stereocenters. The van der Waals surface area contributed by atoms with Gasteiger partial charge < -0.3 is 0 Å². The van der Waals surface area contributed by atoms with E-state index >= 15 is 0 Å². The lowest BCUT2D eigenvalue weighted by molar-refractivity contribution is 0.724. The summed E-state index contributed by atoms with van der Waals surface area (Å²) in [6.45, 7) is 6.10. The fraction of sp³-hybridized carbons (Fsp3) is 0.174. The van der Waals surface area contributed by atoms with Gasteiger partial charge in [-0.3, -0.25) is 18.6 Å². The first-order chi connectivity index (χ1) is 14.9. The standard InChI is InChI=1S/C23H20N6O2/c1-14-4-5-20-26-17(9-21(30)28(20)11-14)12-27-13-24-22-19(23(27)31)10-25-29(22)18-7-15(2)6-16(3)8-18/h4-11,13H,12H2,1-3H3. The summed E-state index contributed by atoms with van der Waals surface area (Å²) in [7, 11) is 0. The topological polar surface area (TPSA) is 87.1 Å². The average Bonchev–Trinajstić information content (AvgIpc) is 3.15. The largest absolute Gasteiger partial charge is 0.292 e. The fourth-order valence-electron chi connectivity index (χ4n) is 3.84. The summed E-state index contributed by atoms with van der Waals surface area (Å²) in [4.78, 5) is 34.5.